The van der Waals surface area contributed by atoms with Crippen LogP contribution in [-0.4, -0.2) is 11.2 Å². The molecule has 0 spiro atoms. The van der Waals surface area contributed by atoms with Gasteiger partial charge in [-0.15, -0.1) is 11.3 Å². The van der Waals surface area contributed by atoms with E-state index in [9.17, 15) is 4.79 Å². The maximum absolute atomic E-state index is 10.5. The second-order valence-corrected chi connectivity index (χ2v) is 6.12. The first-order valence-corrected chi connectivity index (χ1v) is 7.74. The van der Waals surface area contributed by atoms with E-state index in [2.05, 4.69) is 21.2 Å². The SMILES string of the molecule is O=C(O)Nc1ccc(Oc2csc3cc(Br)ccc23)cc1. The molecule has 21 heavy (non-hydrogen) atoms. The van der Waals surface area contributed by atoms with E-state index in [-0.39, 0.29) is 0 Å². The number of fused-ring (bicyclic) bond motifs is 1. The minimum atomic E-state index is -1.09. The standard InChI is InChI=1S/C15H10BrNO3S/c16-9-1-6-12-13(8-21-14(12)7-9)20-11-4-2-10(3-5-11)17-15(18)19/h1-8,17H,(H,18,19). The van der Waals surface area contributed by atoms with E-state index in [1.807, 2.05) is 23.6 Å². The number of hydrogen-bond acceptors (Lipinski definition) is 3. The van der Waals surface area contributed by atoms with Crippen LogP contribution in [0.3, 0.4) is 0 Å². The maximum atomic E-state index is 10.5. The van der Waals surface area contributed by atoms with Crippen LogP contribution < -0.4 is 10.1 Å². The molecule has 2 aromatic carbocycles. The number of ether oxygens (including phenoxy) is 1. The molecule has 1 heterocycles. The number of thiophene rings is 1. The molecule has 6 heteroatoms. The summed E-state index contributed by atoms with van der Waals surface area (Å²) in [6.45, 7) is 0. The molecule has 0 unspecified atom stereocenters. The lowest BCUT2D eigenvalue weighted by Crippen LogP contribution is -2.06. The number of carbonyl (C=O) groups is 1. The van der Waals surface area contributed by atoms with Gasteiger partial charge < -0.3 is 9.84 Å². The Hall–Kier alpha value is -2.05. The van der Waals surface area contributed by atoms with E-state index >= 15 is 0 Å². The zero-order valence-electron chi connectivity index (χ0n) is 10.7. The highest BCUT2D eigenvalue weighted by Gasteiger charge is 2.07. The van der Waals surface area contributed by atoms with E-state index in [4.69, 9.17) is 9.84 Å². The summed E-state index contributed by atoms with van der Waals surface area (Å²) >= 11 is 5.06. The number of benzene rings is 2. The fourth-order valence-corrected chi connectivity index (χ4v) is 3.33. The van der Waals surface area contributed by atoms with Crippen LogP contribution in [0.1, 0.15) is 0 Å². The van der Waals surface area contributed by atoms with Crippen molar-refractivity contribution in [2.45, 2.75) is 0 Å². The fraction of sp³-hybridized carbons (Fsp3) is 0. The van der Waals surface area contributed by atoms with Crippen molar-refractivity contribution in [3.63, 3.8) is 0 Å². The smallest absolute Gasteiger partial charge is 0.409 e. The third-order valence-electron chi connectivity index (χ3n) is 2.84. The second-order valence-electron chi connectivity index (χ2n) is 4.30. The van der Waals surface area contributed by atoms with Gasteiger partial charge in [-0.05, 0) is 42.5 Å². The molecule has 0 aliphatic rings. The van der Waals surface area contributed by atoms with Gasteiger partial charge in [0.05, 0.1) is 0 Å². The third-order valence-corrected chi connectivity index (χ3v) is 4.25. The van der Waals surface area contributed by atoms with Crippen LogP contribution in [0.4, 0.5) is 10.5 Å². The van der Waals surface area contributed by atoms with E-state index in [0.29, 0.717) is 11.4 Å². The van der Waals surface area contributed by atoms with Crippen LogP contribution in [0, 0.1) is 0 Å². The molecule has 0 radical (unpaired) electrons. The summed E-state index contributed by atoms with van der Waals surface area (Å²) in [4.78, 5) is 10.5. The fourth-order valence-electron chi connectivity index (χ4n) is 1.91. The highest BCUT2D eigenvalue weighted by atomic mass is 79.9. The molecule has 0 fully saturated rings. The van der Waals surface area contributed by atoms with Gasteiger partial charge in [-0.1, -0.05) is 15.9 Å². The molecule has 4 nitrogen and oxygen atoms in total. The molecule has 106 valence electrons. The van der Waals surface area contributed by atoms with Gasteiger partial charge >= 0.3 is 6.09 Å². The number of halogens is 1. The Balaban J connectivity index is 1.83. The Bertz CT molecular complexity index is 798. The summed E-state index contributed by atoms with van der Waals surface area (Å²) in [5.74, 6) is 1.45. The van der Waals surface area contributed by atoms with Gasteiger partial charge in [0, 0.05) is 25.6 Å². The first-order chi connectivity index (χ1) is 10.1. The molecule has 0 aliphatic carbocycles. The highest BCUT2D eigenvalue weighted by Crippen LogP contribution is 2.36. The predicted molar refractivity (Wildman–Crippen MR) is 87.7 cm³/mol. The molecular formula is C15H10BrNO3S. The van der Waals surface area contributed by atoms with E-state index in [0.717, 1.165) is 20.3 Å². The van der Waals surface area contributed by atoms with Gasteiger partial charge in [0.2, 0.25) is 0 Å². The van der Waals surface area contributed by atoms with Crippen LogP contribution in [0.2, 0.25) is 0 Å². The number of anilines is 1. The molecule has 1 aromatic heterocycles. The lowest BCUT2D eigenvalue weighted by Gasteiger charge is -2.06. The molecule has 3 aromatic rings. The zero-order chi connectivity index (χ0) is 14.8. The molecule has 0 saturated carbocycles. The molecule has 1 amide bonds. The Morgan fingerprint density at radius 3 is 2.67 bits per heavy atom. The lowest BCUT2D eigenvalue weighted by molar-refractivity contribution is 0.209. The first kappa shape index (κ1) is 13.9. The van der Waals surface area contributed by atoms with Gasteiger partial charge in [0.25, 0.3) is 0 Å². The normalized spacial score (nSPS) is 10.5. The molecule has 0 bridgehead atoms. The van der Waals surface area contributed by atoms with Crippen LogP contribution in [0.25, 0.3) is 10.1 Å². The maximum Gasteiger partial charge on any atom is 0.409 e. The summed E-state index contributed by atoms with van der Waals surface area (Å²) in [5.41, 5.74) is 0.508. The predicted octanol–water partition coefficient (Wildman–Crippen LogP) is 5.55. The van der Waals surface area contributed by atoms with Crippen LogP contribution in [0.5, 0.6) is 11.5 Å². The van der Waals surface area contributed by atoms with Crippen molar-refractivity contribution >= 4 is 49.1 Å². The molecule has 3 rings (SSSR count). The van der Waals surface area contributed by atoms with Crippen molar-refractivity contribution < 1.29 is 14.6 Å². The second kappa shape index (κ2) is 5.75. The van der Waals surface area contributed by atoms with Gasteiger partial charge in [-0.25, -0.2) is 4.79 Å². The zero-order valence-corrected chi connectivity index (χ0v) is 13.1. The van der Waals surface area contributed by atoms with E-state index in [1.165, 1.54) is 0 Å². The van der Waals surface area contributed by atoms with Gasteiger partial charge in [0.1, 0.15) is 11.5 Å². The van der Waals surface area contributed by atoms with Crippen molar-refractivity contribution in [2.75, 3.05) is 5.32 Å². The average molecular weight is 364 g/mol. The van der Waals surface area contributed by atoms with Gasteiger partial charge in [-0.2, -0.15) is 0 Å². The first-order valence-electron chi connectivity index (χ1n) is 6.06. The lowest BCUT2D eigenvalue weighted by atomic mass is 10.2. The van der Waals surface area contributed by atoms with Crippen molar-refractivity contribution in [1.82, 2.24) is 0 Å². The number of nitrogens with one attached hydrogen (secondary N) is 1. The largest absolute Gasteiger partial charge is 0.465 e. The molecule has 0 saturated heterocycles. The van der Waals surface area contributed by atoms with Crippen molar-refractivity contribution in [3.05, 3.63) is 52.3 Å². The Morgan fingerprint density at radius 2 is 1.95 bits per heavy atom. The number of amides is 1. The average Bonchev–Trinajstić information content (AvgIpc) is 2.83. The number of rotatable bonds is 3. The minimum Gasteiger partial charge on any atom is -0.465 e. The number of carboxylic acid groups (broad SMARTS) is 1. The molecule has 0 atom stereocenters. The van der Waals surface area contributed by atoms with Crippen molar-refractivity contribution in [3.8, 4) is 11.5 Å². The summed E-state index contributed by atoms with van der Waals surface area (Å²) in [5, 5.41) is 13.9. The van der Waals surface area contributed by atoms with E-state index < -0.39 is 6.09 Å². The van der Waals surface area contributed by atoms with Crippen molar-refractivity contribution in [1.29, 1.82) is 0 Å². The molecule has 2 N–H and O–H groups in total. The highest BCUT2D eigenvalue weighted by molar-refractivity contribution is 9.10. The summed E-state index contributed by atoms with van der Waals surface area (Å²) < 4.78 is 8.03. The van der Waals surface area contributed by atoms with E-state index in [1.54, 1.807) is 35.6 Å². The van der Waals surface area contributed by atoms with Crippen LogP contribution in [0.15, 0.2) is 52.3 Å². The Morgan fingerprint density at radius 1 is 1.19 bits per heavy atom. The summed E-state index contributed by atoms with van der Waals surface area (Å²) in [6, 6.07) is 12.8. The van der Waals surface area contributed by atoms with Gasteiger partial charge in [-0.3, -0.25) is 5.32 Å². The summed E-state index contributed by atoms with van der Waals surface area (Å²) in [6.07, 6.45) is -1.09. The Labute approximate surface area is 133 Å². The Kier molecular flexibility index (Phi) is 3.81. The minimum absolute atomic E-state index is 0.508. The molecular weight excluding hydrogens is 354 g/mol. The van der Waals surface area contributed by atoms with Crippen LogP contribution in [-0.2, 0) is 0 Å². The van der Waals surface area contributed by atoms with Crippen molar-refractivity contribution in [2.24, 2.45) is 0 Å². The van der Waals surface area contributed by atoms with Gasteiger partial charge in [0.15, 0.2) is 0 Å². The van der Waals surface area contributed by atoms with Crippen LogP contribution >= 0.6 is 27.3 Å². The third kappa shape index (κ3) is 3.17. The topological polar surface area (TPSA) is 58.6 Å². The summed E-state index contributed by atoms with van der Waals surface area (Å²) in [7, 11) is 0. The number of hydrogen-bond donors (Lipinski definition) is 2. The monoisotopic (exact) mass is 363 g/mol. The quantitative estimate of drug-likeness (QED) is 0.641. The molecule has 0 aliphatic heterocycles.